The van der Waals surface area contributed by atoms with Gasteiger partial charge in [0.25, 0.3) is 0 Å². The molecule has 2 aromatic rings. The maximum atomic E-state index is 14.0. The highest BCUT2D eigenvalue weighted by Gasteiger charge is 2.25. The van der Waals surface area contributed by atoms with Gasteiger partial charge in [-0.05, 0) is 26.0 Å². The quantitative estimate of drug-likeness (QED) is 0.688. The third-order valence-electron chi connectivity index (χ3n) is 2.84. The highest BCUT2D eigenvalue weighted by molar-refractivity contribution is 5.72. The average molecular weight is 276 g/mol. The summed E-state index contributed by atoms with van der Waals surface area (Å²) < 4.78 is 14.0. The van der Waals surface area contributed by atoms with Gasteiger partial charge in [0.05, 0.1) is 4.92 Å². The summed E-state index contributed by atoms with van der Waals surface area (Å²) >= 11 is 0. The maximum Gasteiger partial charge on any atom is 0.316 e. The molecule has 1 aromatic carbocycles. The lowest BCUT2D eigenvalue weighted by Crippen LogP contribution is -2.05. The fraction of sp³-hybridized carbons (Fsp3) is 0.231. The van der Waals surface area contributed by atoms with Gasteiger partial charge in [-0.1, -0.05) is 11.6 Å². The molecule has 20 heavy (non-hydrogen) atoms. The smallest absolute Gasteiger partial charge is 0.316 e. The van der Waals surface area contributed by atoms with Crippen molar-refractivity contribution in [2.45, 2.75) is 13.8 Å². The number of hydrogen-bond acceptors (Lipinski definition) is 5. The summed E-state index contributed by atoms with van der Waals surface area (Å²) in [4.78, 5) is 18.6. The van der Waals surface area contributed by atoms with Crippen molar-refractivity contribution in [3.05, 3.63) is 45.4 Å². The number of aryl methyl sites for hydroxylation is 2. The molecular weight excluding hydrogens is 263 g/mol. The molecule has 0 atom stereocenters. The van der Waals surface area contributed by atoms with Crippen LogP contribution in [0.2, 0.25) is 0 Å². The molecule has 7 heteroatoms. The van der Waals surface area contributed by atoms with Crippen LogP contribution in [0.4, 0.5) is 16.0 Å². The SMILES string of the molecule is CNc1nc(C)c([N+](=O)[O-])c(-c2cc(C)ccc2F)n1. The number of hydrogen-bond donors (Lipinski definition) is 1. The molecule has 0 saturated heterocycles. The van der Waals surface area contributed by atoms with Gasteiger partial charge >= 0.3 is 5.69 Å². The van der Waals surface area contributed by atoms with Crippen LogP contribution < -0.4 is 5.32 Å². The summed E-state index contributed by atoms with van der Waals surface area (Å²) in [6.07, 6.45) is 0. The molecule has 0 bridgehead atoms. The first kappa shape index (κ1) is 13.9. The minimum atomic E-state index is -0.591. The summed E-state index contributed by atoms with van der Waals surface area (Å²) in [6, 6.07) is 4.39. The molecule has 0 amide bonds. The standard InChI is InChI=1S/C13H13FN4O2/c1-7-4-5-10(14)9(6-7)11-12(18(19)20)8(2)16-13(15-3)17-11/h4-6H,1-3H3,(H,15,16,17). The van der Waals surface area contributed by atoms with Crippen molar-refractivity contribution in [2.24, 2.45) is 0 Å². The number of anilines is 1. The van der Waals surface area contributed by atoms with Crippen molar-refractivity contribution in [3.63, 3.8) is 0 Å². The van der Waals surface area contributed by atoms with Gasteiger partial charge in [-0.3, -0.25) is 10.1 Å². The van der Waals surface area contributed by atoms with Crippen molar-refractivity contribution in [1.29, 1.82) is 0 Å². The van der Waals surface area contributed by atoms with Crippen LogP contribution in [0.5, 0.6) is 0 Å². The lowest BCUT2D eigenvalue weighted by Gasteiger charge is -2.08. The predicted molar refractivity (Wildman–Crippen MR) is 73.1 cm³/mol. The summed E-state index contributed by atoms with van der Waals surface area (Å²) in [5, 5.41) is 13.9. The van der Waals surface area contributed by atoms with Gasteiger partial charge in [0.2, 0.25) is 5.95 Å². The Balaban J connectivity index is 2.80. The zero-order chi connectivity index (χ0) is 14.9. The van der Waals surface area contributed by atoms with Gasteiger partial charge in [-0.2, -0.15) is 0 Å². The Morgan fingerprint density at radius 2 is 2.00 bits per heavy atom. The Kier molecular flexibility index (Phi) is 3.60. The van der Waals surface area contributed by atoms with Gasteiger partial charge in [-0.15, -0.1) is 0 Å². The number of aromatic nitrogens is 2. The third kappa shape index (κ3) is 2.42. The van der Waals surface area contributed by atoms with Crippen LogP contribution in [0.3, 0.4) is 0 Å². The van der Waals surface area contributed by atoms with Gasteiger partial charge in [0, 0.05) is 12.6 Å². The fourth-order valence-electron chi connectivity index (χ4n) is 1.91. The van der Waals surface area contributed by atoms with E-state index in [1.807, 2.05) is 0 Å². The lowest BCUT2D eigenvalue weighted by atomic mass is 10.1. The van der Waals surface area contributed by atoms with Crippen LogP contribution >= 0.6 is 0 Å². The zero-order valence-corrected chi connectivity index (χ0v) is 11.3. The van der Waals surface area contributed by atoms with E-state index in [0.717, 1.165) is 5.56 Å². The number of benzene rings is 1. The van der Waals surface area contributed by atoms with Crippen LogP contribution in [0.25, 0.3) is 11.3 Å². The topological polar surface area (TPSA) is 81.0 Å². The van der Waals surface area contributed by atoms with Gasteiger partial charge in [-0.25, -0.2) is 14.4 Å². The Morgan fingerprint density at radius 1 is 1.30 bits per heavy atom. The maximum absolute atomic E-state index is 14.0. The van der Waals surface area contributed by atoms with E-state index < -0.39 is 10.7 Å². The summed E-state index contributed by atoms with van der Waals surface area (Å²) in [5.41, 5.74) is 0.767. The van der Waals surface area contributed by atoms with Crippen molar-refractivity contribution < 1.29 is 9.31 Å². The highest BCUT2D eigenvalue weighted by atomic mass is 19.1. The van der Waals surface area contributed by atoms with Gasteiger partial charge in [0.15, 0.2) is 5.69 Å². The number of nitrogens with zero attached hydrogens (tertiary/aromatic N) is 3. The second-order valence-electron chi connectivity index (χ2n) is 4.32. The molecule has 6 nitrogen and oxygen atoms in total. The van der Waals surface area contributed by atoms with Gasteiger partial charge < -0.3 is 5.32 Å². The van der Waals surface area contributed by atoms with Crippen molar-refractivity contribution in [2.75, 3.05) is 12.4 Å². The van der Waals surface area contributed by atoms with Crippen molar-refractivity contribution >= 4 is 11.6 Å². The number of halogens is 1. The fourth-order valence-corrected chi connectivity index (χ4v) is 1.91. The molecule has 0 unspecified atom stereocenters. The third-order valence-corrected chi connectivity index (χ3v) is 2.84. The second kappa shape index (κ2) is 5.20. The molecule has 0 aliphatic rings. The number of rotatable bonds is 3. The average Bonchev–Trinajstić information content (AvgIpc) is 2.40. The number of nitrogens with one attached hydrogen (secondary N) is 1. The Morgan fingerprint density at radius 3 is 2.60 bits per heavy atom. The molecule has 0 saturated carbocycles. The molecule has 1 heterocycles. The van der Waals surface area contributed by atoms with Gasteiger partial charge in [0.1, 0.15) is 11.5 Å². The van der Waals surface area contributed by atoms with E-state index in [1.165, 1.54) is 19.1 Å². The van der Waals surface area contributed by atoms with E-state index in [1.54, 1.807) is 20.0 Å². The summed E-state index contributed by atoms with van der Waals surface area (Å²) in [7, 11) is 1.59. The molecule has 0 fully saturated rings. The van der Waals surface area contributed by atoms with Crippen molar-refractivity contribution in [3.8, 4) is 11.3 Å². The normalized spacial score (nSPS) is 10.4. The minimum Gasteiger partial charge on any atom is -0.357 e. The summed E-state index contributed by atoms with van der Waals surface area (Å²) in [5.74, 6) is -0.345. The molecule has 0 aliphatic carbocycles. The van der Waals surface area contributed by atoms with Crippen LogP contribution in [0.1, 0.15) is 11.3 Å². The molecule has 0 spiro atoms. The molecule has 0 aliphatic heterocycles. The largest absolute Gasteiger partial charge is 0.357 e. The minimum absolute atomic E-state index is 0.0203. The first-order valence-corrected chi connectivity index (χ1v) is 5.91. The summed E-state index contributed by atoms with van der Waals surface area (Å²) in [6.45, 7) is 3.28. The van der Waals surface area contributed by atoms with Crippen LogP contribution in [-0.4, -0.2) is 21.9 Å². The Bertz CT molecular complexity index is 688. The Hall–Kier alpha value is -2.57. The van der Waals surface area contributed by atoms with Crippen LogP contribution in [0, 0.1) is 29.8 Å². The van der Waals surface area contributed by atoms with Crippen molar-refractivity contribution in [1.82, 2.24) is 9.97 Å². The molecule has 1 N–H and O–H groups in total. The predicted octanol–water partition coefficient (Wildman–Crippen LogP) is 2.85. The molecule has 2 rings (SSSR count). The lowest BCUT2D eigenvalue weighted by molar-refractivity contribution is -0.385. The first-order chi connectivity index (χ1) is 9.43. The first-order valence-electron chi connectivity index (χ1n) is 5.91. The van der Waals surface area contributed by atoms with E-state index in [4.69, 9.17) is 0 Å². The monoisotopic (exact) mass is 276 g/mol. The number of nitro groups is 1. The van der Waals surface area contributed by atoms with E-state index in [9.17, 15) is 14.5 Å². The van der Waals surface area contributed by atoms with E-state index in [0.29, 0.717) is 0 Å². The molecular formula is C13H13FN4O2. The van der Waals surface area contributed by atoms with E-state index in [2.05, 4.69) is 15.3 Å². The highest BCUT2D eigenvalue weighted by Crippen LogP contribution is 2.33. The van der Waals surface area contributed by atoms with E-state index in [-0.39, 0.29) is 28.6 Å². The molecule has 0 radical (unpaired) electrons. The van der Waals surface area contributed by atoms with Crippen LogP contribution in [-0.2, 0) is 0 Å². The Labute approximate surface area is 114 Å². The van der Waals surface area contributed by atoms with E-state index >= 15 is 0 Å². The molecule has 1 aromatic heterocycles. The van der Waals surface area contributed by atoms with Crippen LogP contribution in [0.15, 0.2) is 18.2 Å². The second-order valence-corrected chi connectivity index (χ2v) is 4.32. The zero-order valence-electron chi connectivity index (χ0n) is 11.3. The molecule has 104 valence electrons.